The molecule has 0 N–H and O–H groups in total. The zero-order valence-corrected chi connectivity index (χ0v) is 11.8. The minimum Gasteiger partial charge on any atom is -0.457 e. The van der Waals surface area contributed by atoms with Crippen LogP contribution in [0.25, 0.3) is 0 Å². The minimum atomic E-state index is -0.0185. The maximum Gasteiger partial charge on any atom is 0.246 e. The Morgan fingerprint density at radius 3 is 2.67 bits per heavy atom. The number of amides is 1. The van der Waals surface area contributed by atoms with Gasteiger partial charge in [0.1, 0.15) is 11.5 Å². The molecule has 1 heterocycles. The van der Waals surface area contributed by atoms with E-state index in [-0.39, 0.29) is 5.91 Å². The number of benzene rings is 2. The summed E-state index contributed by atoms with van der Waals surface area (Å²) in [5.41, 5.74) is 2.42. The monoisotopic (exact) mass is 279 g/mol. The first kappa shape index (κ1) is 13.4. The summed E-state index contributed by atoms with van der Waals surface area (Å²) in [6.45, 7) is 4.91. The molecule has 0 bridgehead atoms. The van der Waals surface area contributed by atoms with Gasteiger partial charge in [0.25, 0.3) is 0 Å². The smallest absolute Gasteiger partial charge is 0.246 e. The van der Waals surface area contributed by atoms with E-state index >= 15 is 0 Å². The second-order valence-corrected chi connectivity index (χ2v) is 5.06. The molecule has 1 aliphatic heterocycles. The average molecular weight is 279 g/mol. The molecule has 0 spiro atoms. The van der Waals surface area contributed by atoms with Crippen molar-refractivity contribution >= 4 is 5.91 Å². The van der Waals surface area contributed by atoms with Crippen LogP contribution in [0.5, 0.6) is 11.5 Å². The van der Waals surface area contributed by atoms with Gasteiger partial charge in [-0.15, -0.1) is 0 Å². The van der Waals surface area contributed by atoms with Gasteiger partial charge in [0.15, 0.2) is 0 Å². The van der Waals surface area contributed by atoms with E-state index in [0.29, 0.717) is 6.54 Å². The van der Waals surface area contributed by atoms with Crippen molar-refractivity contribution in [2.45, 2.75) is 13.0 Å². The molecule has 0 radical (unpaired) electrons. The van der Waals surface area contributed by atoms with Gasteiger partial charge in [0, 0.05) is 13.1 Å². The summed E-state index contributed by atoms with van der Waals surface area (Å²) < 4.78 is 5.84. The molecule has 0 atom stereocenters. The Hall–Kier alpha value is -2.55. The van der Waals surface area contributed by atoms with E-state index in [9.17, 15) is 4.79 Å². The maximum absolute atomic E-state index is 11.7. The minimum absolute atomic E-state index is 0.0185. The summed E-state index contributed by atoms with van der Waals surface area (Å²) in [5.74, 6) is 1.59. The van der Waals surface area contributed by atoms with Gasteiger partial charge < -0.3 is 9.64 Å². The highest BCUT2D eigenvalue weighted by atomic mass is 16.5. The van der Waals surface area contributed by atoms with Crippen molar-refractivity contribution in [3.05, 3.63) is 72.3 Å². The topological polar surface area (TPSA) is 29.5 Å². The molecule has 3 nitrogen and oxygen atoms in total. The van der Waals surface area contributed by atoms with Crippen molar-refractivity contribution in [3.63, 3.8) is 0 Å². The van der Waals surface area contributed by atoms with Crippen molar-refractivity contribution in [1.29, 1.82) is 0 Å². The number of fused-ring (bicyclic) bond motifs is 1. The van der Waals surface area contributed by atoms with Gasteiger partial charge in [-0.25, -0.2) is 0 Å². The van der Waals surface area contributed by atoms with Gasteiger partial charge in [-0.2, -0.15) is 0 Å². The fraction of sp³-hybridized carbons (Fsp3) is 0.167. The Morgan fingerprint density at radius 2 is 1.90 bits per heavy atom. The highest BCUT2D eigenvalue weighted by molar-refractivity contribution is 5.87. The van der Waals surface area contributed by atoms with Gasteiger partial charge in [-0.1, -0.05) is 30.8 Å². The first-order valence-corrected chi connectivity index (χ1v) is 7.02. The van der Waals surface area contributed by atoms with Crippen LogP contribution in [0.3, 0.4) is 0 Å². The van der Waals surface area contributed by atoms with Gasteiger partial charge in [-0.05, 0) is 47.9 Å². The third-order valence-corrected chi connectivity index (χ3v) is 3.66. The predicted octanol–water partition coefficient (Wildman–Crippen LogP) is 3.55. The number of rotatable bonds is 3. The Balaban J connectivity index is 1.81. The molecule has 0 aliphatic carbocycles. The summed E-state index contributed by atoms with van der Waals surface area (Å²) in [4.78, 5) is 13.5. The normalized spacial score (nSPS) is 13.4. The van der Waals surface area contributed by atoms with Crippen LogP contribution in [-0.2, 0) is 17.8 Å². The summed E-state index contributed by atoms with van der Waals surface area (Å²) in [7, 11) is 0. The zero-order chi connectivity index (χ0) is 14.7. The van der Waals surface area contributed by atoms with Crippen molar-refractivity contribution in [2.75, 3.05) is 6.54 Å². The van der Waals surface area contributed by atoms with Gasteiger partial charge in [0.2, 0.25) is 5.91 Å². The molecule has 0 aromatic heterocycles. The number of para-hydroxylation sites is 1. The summed E-state index contributed by atoms with van der Waals surface area (Å²) in [5, 5.41) is 0. The lowest BCUT2D eigenvalue weighted by Crippen LogP contribution is -2.34. The molecule has 0 fully saturated rings. The van der Waals surface area contributed by atoms with Crippen molar-refractivity contribution in [2.24, 2.45) is 0 Å². The fourth-order valence-electron chi connectivity index (χ4n) is 2.54. The first-order valence-electron chi connectivity index (χ1n) is 7.02. The largest absolute Gasteiger partial charge is 0.457 e. The van der Waals surface area contributed by atoms with E-state index in [1.165, 1.54) is 11.6 Å². The van der Waals surface area contributed by atoms with Crippen LogP contribution in [-0.4, -0.2) is 17.4 Å². The van der Waals surface area contributed by atoms with E-state index in [4.69, 9.17) is 4.74 Å². The van der Waals surface area contributed by atoms with Gasteiger partial charge in [-0.3, -0.25) is 4.79 Å². The molecule has 0 unspecified atom stereocenters. The molecule has 106 valence electrons. The van der Waals surface area contributed by atoms with Crippen LogP contribution in [0.4, 0.5) is 0 Å². The molecule has 1 amide bonds. The Bertz CT molecular complexity index is 664. The van der Waals surface area contributed by atoms with E-state index < -0.39 is 0 Å². The van der Waals surface area contributed by atoms with E-state index in [1.54, 1.807) is 0 Å². The van der Waals surface area contributed by atoms with Crippen LogP contribution in [0.2, 0.25) is 0 Å². The molecular weight excluding hydrogens is 262 g/mol. The van der Waals surface area contributed by atoms with E-state index in [0.717, 1.165) is 30.0 Å². The van der Waals surface area contributed by atoms with Crippen LogP contribution >= 0.6 is 0 Å². The second-order valence-electron chi connectivity index (χ2n) is 5.06. The predicted molar refractivity (Wildman–Crippen MR) is 82.3 cm³/mol. The number of hydrogen-bond donors (Lipinski definition) is 0. The third-order valence-electron chi connectivity index (χ3n) is 3.66. The SMILES string of the molecule is C=CC(=O)N1CCc2ccc(Oc3ccccc3)cc2C1. The Morgan fingerprint density at radius 1 is 1.10 bits per heavy atom. The summed E-state index contributed by atoms with van der Waals surface area (Å²) >= 11 is 0. The molecule has 2 aromatic rings. The molecule has 2 aromatic carbocycles. The van der Waals surface area contributed by atoms with E-state index in [1.807, 2.05) is 47.4 Å². The summed E-state index contributed by atoms with van der Waals surface area (Å²) in [6, 6.07) is 15.8. The number of hydrogen-bond acceptors (Lipinski definition) is 2. The lowest BCUT2D eigenvalue weighted by Gasteiger charge is -2.28. The first-order chi connectivity index (χ1) is 10.3. The quantitative estimate of drug-likeness (QED) is 0.804. The highest BCUT2D eigenvalue weighted by Crippen LogP contribution is 2.27. The molecular formula is C18H17NO2. The molecule has 0 saturated heterocycles. The van der Waals surface area contributed by atoms with Crippen LogP contribution in [0.1, 0.15) is 11.1 Å². The lowest BCUT2D eigenvalue weighted by atomic mass is 9.99. The Labute approximate surface area is 124 Å². The zero-order valence-electron chi connectivity index (χ0n) is 11.8. The van der Waals surface area contributed by atoms with Crippen LogP contribution < -0.4 is 4.74 Å². The van der Waals surface area contributed by atoms with Crippen molar-refractivity contribution in [3.8, 4) is 11.5 Å². The van der Waals surface area contributed by atoms with Gasteiger partial charge in [0.05, 0.1) is 0 Å². The summed E-state index contributed by atoms with van der Waals surface area (Å²) in [6.07, 6.45) is 2.25. The van der Waals surface area contributed by atoms with Gasteiger partial charge >= 0.3 is 0 Å². The highest BCUT2D eigenvalue weighted by Gasteiger charge is 2.19. The lowest BCUT2D eigenvalue weighted by molar-refractivity contribution is -0.126. The van der Waals surface area contributed by atoms with Crippen LogP contribution in [0.15, 0.2) is 61.2 Å². The fourth-order valence-corrected chi connectivity index (χ4v) is 2.54. The standard InChI is InChI=1S/C18H17NO2/c1-2-18(20)19-11-10-14-8-9-17(12-15(14)13-19)21-16-6-4-3-5-7-16/h2-9,12H,1,10-11,13H2. The van der Waals surface area contributed by atoms with Crippen molar-refractivity contribution < 1.29 is 9.53 Å². The molecule has 3 rings (SSSR count). The molecule has 21 heavy (non-hydrogen) atoms. The number of nitrogens with zero attached hydrogens (tertiary/aromatic N) is 1. The van der Waals surface area contributed by atoms with E-state index in [2.05, 4.69) is 12.6 Å². The molecule has 3 heteroatoms. The number of carbonyl (C=O) groups is 1. The Kier molecular flexibility index (Phi) is 3.73. The number of ether oxygens (including phenoxy) is 1. The van der Waals surface area contributed by atoms with Crippen LogP contribution in [0, 0.1) is 0 Å². The average Bonchev–Trinajstić information content (AvgIpc) is 2.54. The van der Waals surface area contributed by atoms with Crippen molar-refractivity contribution in [1.82, 2.24) is 4.90 Å². The third kappa shape index (κ3) is 2.97. The second kappa shape index (κ2) is 5.83. The number of carbonyl (C=O) groups excluding carboxylic acids is 1. The maximum atomic E-state index is 11.7. The molecule has 1 aliphatic rings. The molecule has 0 saturated carbocycles.